The Balaban J connectivity index is 0.000000454. The summed E-state index contributed by atoms with van der Waals surface area (Å²) in [6, 6.07) is 11.6. The van der Waals surface area contributed by atoms with Crippen LogP contribution in [0.4, 0.5) is 26.3 Å². The largest absolute Gasteiger partial charge is 0.490 e. The molecule has 0 aliphatic carbocycles. The third-order valence-electron chi connectivity index (χ3n) is 5.81. The first-order valence-electron chi connectivity index (χ1n) is 11.2. The second-order valence-corrected chi connectivity index (χ2v) is 8.54. The van der Waals surface area contributed by atoms with Crippen molar-refractivity contribution in [2.45, 2.75) is 38.3 Å². The van der Waals surface area contributed by atoms with Gasteiger partial charge in [0.15, 0.2) is 11.5 Å². The number of carbonyl (C=O) groups is 1. The van der Waals surface area contributed by atoms with Gasteiger partial charge < -0.3 is 19.9 Å². The van der Waals surface area contributed by atoms with Gasteiger partial charge in [-0.2, -0.15) is 26.3 Å². The zero-order valence-corrected chi connectivity index (χ0v) is 19.2. The summed E-state index contributed by atoms with van der Waals surface area (Å²) in [6.07, 6.45) is -7.21. The van der Waals surface area contributed by atoms with E-state index >= 15 is 0 Å². The quantitative estimate of drug-likeness (QED) is 0.519. The molecule has 0 radical (unpaired) electrons. The molecule has 4 rings (SSSR count). The number of benzene rings is 2. The van der Waals surface area contributed by atoms with E-state index in [2.05, 4.69) is 16.3 Å². The molecule has 0 atom stereocenters. The van der Waals surface area contributed by atoms with Gasteiger partial charge in [0.2, 0.25) is 6.79 Å². The highest BCUT2D eigenvalue weighted by Crippen LogP contribution is 2.33. The zero-order chi connectivity index (χ0) is 26.3. The lowest BCUT2D eigenvalue weighted by atomic mass is 9.96. The molecule has 2 aliphatic rings. The number of nitrogens with zero attached hydrogens (tertiary/aromatic N) is 1. The molecular weight excluding hydrogens is 494 g/mol. The average molecular weight is 520 g/mol. The van der Waals surface area contributed by atoms with Crippen LogP contribution in [0.3, 0.4) is 0 Å². The monoisotopic (exact) mass is 520 g/mol. The van der Waals surface area contributed by atoms with Gasteiger partial charge in [0.1, 0.15) is 0 Å². The van der Waals surface area contributed by atoms with Crippen LogP contribution in [0.15, 0.2) is 42.5 Å². The van der Waals surface area contributed by atoms with Crippen LogP contribution < -0.4 is 14.8 Å². The second kappa shape index (κ2) is 11.8. The van der Waals surface area contributed by atoms with Gasteiger partial charge >= 0.3 is 18.3 Å². The fourth-order valence-corrected chi connectivity index (χ4v) is 3.92. The van der Waals surface area contributed by atoms with Crippen LogP contribution in [-0.2, 0) is 24.1 Å². The summed E-state index contributed by atoms with van der Waals surface area (Å²) < 4.78 is 80.9. The van der Waals surface area contributed by atoms with E-state index in [9.17, 15) is 26.3 Å². The van der Waals surface area contributed by atoms with Crippen molar-refractivity contribution >= 4 is 5.97 Å². The fraction of sp³-hybridized carbons (Fsp3) is 0.458. The Morgan fingerprint density at radius 3 is 2.28 bits per heavy atom. The molecule has 2 aromatic carbocycles. The van der Waals surface area contributed by atoms with Crippen molar-refractivity contribution in [2.24, 2.45) is 5.92 Å². The number of rotatable bonds is 6. The highest BCUT2D eigenvalue weighted by atomic mass is 19.4. The Bertz CT molecular complexity index is 1020. The topological polar surface area (TPSA) is 71.0 Å². The van der Waals surface area contributed by atoms with Gasteiger partial charge in [-0.05, 0) is 67.7 Å². The number of piperidine rings is 1. The molecule has 1 fully saturated rings. The highest BCUT2D eigenvalue weighted by Gasteiger charge is 2.38. The van der Waals surface area contributed by atoms with E-state index in [0.29, 0.717) is 18.0 Å². The lowest BCUT2D eigenvalue weighted by Crippen LogP contribution is -2.36. The first-order valence-corrected chi connectivity index (χ1v) is 11.2. The Hall–Kier alpha value is -2.99. The molecule has 0 spiro atoms. The van der Waals surface area contributed by atoms with Crippen molar-refractivity contribution in [2.75, 3.05) is 26.4 Å². The number of hydrogen-bond acceptors (Lipinski definition) is 5. The van der Waals surface area contributed by atoms with Crippen molar-refractivity contribution in [3.8, 4) is 11.5 Å². The molecule has 36 heavy (non-hydrogen) atoms. The number of halogens is 6. The van der Waals surface area contributed by atoms with Crippen LogP contribution >= 0.6 is 0 Å². The van der Waals surface area contributed by atoms with Crippen molar-refractivity contribution < 1.29 is 45.7 Å². The molecule has 2 heterocycles. The number of fused-ring (bicyclic) bond motifs is 1. The van der Waals surface area contributed by atoms with E-state index in [4.69, 9.17) is 19.4 Å². The standard InChI is InChI=1S/C22H25F3N2O2.C2HF3O2/c23-22(24,25)19-3-1-2-17(10-19)13-26-12-16-6-8-27(9-7-16)14-18-4-5-20-21(11-18)29-15-28-20;3-2(4,5)1(6)7/h1-5,10-11,16,26H,6-9,12-15H2;(H,6,7). The lowest BCUT2D eigenvalue weighted by Gasteiger charge is -2.32. The van der Waals surface area contributed by atoms with Gasteiger partial charge in [-0.3, -0.25) is 4.90 Å². The van der Waals surface area contributed by atoms with Crippen LogP contribution in [0.5, 0.6) is 11.5 Å². The van der Waals surface area contributed by atoms with Gasteiger partial charge in [0, 0.05) is 13.1 Å². The molecule has 0 aromatic heterocycles. The minimum atomic E-state index is -5.08. The molecule has 12 heteroatoms. The molecule has 6 nitrogen and oxygen atoms in total. The van der Waals surface area contributed by atoms with Gasteiger partial charge in [0.25, 0.3) is 0 Å². The SMILES string of the molecule is FC(F)(F)c1cccc(CNCC2CCN(Cc3ccc4c(c3)OCO4)CC2)c1.O=C(O)C(F)(F)F. The molecule has 0 amide bonds. The summed E-state index contributed by atoms with van der Waals surface area (Å²) in [5, 5.41) is 10.5. The Morgan fingerprint density at radius 2 is 1.64 bits per heavy atom. The molecular formula is C24H26F6N2O4. The number of carboxylic acid groups (broad SMARTS) is 1. The number of ether oxygens (including phenoxy) is 2. The summed E-state index contributed by atoms with van der Waals surface area (Å²) in [5.74, 6) is -0.586. The number of alkyl halides is 6. The summed E-state index contributed by atoms with van der Waals surface area (Å²) in [5.41, 5.74) is 1.30. The lowest BCUT2D eigenvalue weighted by molar-refractivity contribution is -0.192. The third-order valence-corrected chi connectivity index (χ3v) is 5.81. The summed E-state index contributed by atoms with van der Waals surface area (Å²) in [6.45, 7) is 4.50. The van der Waals surface area contributed by atoms with Crippen molar-refractivity contribution in [1.82, 2.24) is 10.2 Å². The Morgan fingerprint density at radius 1 is 0.972 bits per heavy atom. The molecule has 2 N–H and O–H groups in total. The average Bonchev–Trinajstić information content (AvgIpc) is 3.28. The molecule has 0 unspecified atom stereocenters. The predicted octanol–water partition coefficient (Wildman–Crippen LogP) is 5.07. The van der Waals surface area contributed by atoms with Crippen LogP contribution in [0.25, 0.3) is 0 Å². The molecule has 198 valence electrons. The van der Waals surface area contributed by atoms with Gasteiger partial charge in [0.05, 0.1) is 5.56 Å². The maximum absolute atomic E-state index is 12.8. The number of hydrogen-bond donors (Lipinski definition) is 2. The van der Waals surface area contributed by atoms with E-state index in [1.165, 1.54) is 17.7 Å². The normalized spacial score (nSPS) is 16.4. The highest BCUT2D eigenvalue weighted by molar-refractivity contribution is 5.73. The molecule has 0 saturated carbocycles. The van der Waals surface area contributed by atoms with Gasteiger partial charge in [-0.15, -0.1) is 0 Å². The van der Waals surface area contributed by atoms with Gasteiger partial charge in [-0.25, -0.2) is 4.79 Å². The van der Waals surface area contributed by atoms with Crippen LogP contribution in [0.2, 0.25) is 0 Å². The summed E-state index contributed by atoms with van der Waals surface area (Å²) in [7, 11) is 0. The number of nitrogens with one attached hydrogen (secondary N) is 1. The number of carboxylic acids is 1. The van der Waals surface area contributed by atoms with Crippen molar-refractivity contribution in [3.05, 3.63) is 59.2 Å². The number of aliphatic carboxylic acids is 1. The Labute approximate surface area is 203 Å². The van der Waals surface area contributed by atoms with E-state index in [1.807, 2.05) is 12.1 Å². The van der Waals surface area contributed by atoms with Crippen LogP contribution in [-0.4, -0.2) is 48.6 Å². The third kappa shape index (κ3) is 8.30. The second-order valence-electron chi connectivity index (χ2n) is 8.54. The van der Waals surface area contributed by atoms with Gasteiger partial charge in [-0.1, -0.05) is 24.3 Å². The minimum absolute atomic E-state index is 0.289. The summed E-state index contributed by atoms with van der Waals surface area (Å²) in [4.78, 5) is 11.3. The van der Waals surface area contributed by atoms with E-state index in [-0.39, 0.29) is 6.79 Å². The molecule has 2 aliphatic heterocycles. The molecule has 1 saturated heterocycles. The predicted molar refractivity (Wildman–Crippen MR) is 117 cm³/mol. The molecule has 0 bridgehead atoms. The Kier molecular flexibility index (Phi) is 9.07. The maximum atomic E-state index is 12.8. The maximum Gasteiger partial charge on any atom is 0.490 e. The minimum Gasteiger partial charge on any atom is -0.475 e. The molecule has 2 aromatic rings. The van der Waals surface area contributed by atoms with Crippen LogP contribution in [0, 0.1) is 5.92 Å². The van der Waals surface area contributed by atoms with E-state index in [0.717, 1.165) is 56.6 Å². The van der Waals surface area contributed by atoms with Crippen LogP contribution in [0.1, 0.15) is 29.5 Å². The number of likely N-dealkylation sites (tertiary alicyclic amines) is 1. The zero-order valence-electron chi connectivity index (χ0n) is 19.2. The first kappa shape index (κ1) is 27.6. The van der Waals surface area contributed by atoms with E-state index in [1.54, 1.807) is 6.07 Å². The summed E-state index contributed by atoms with van der Waals surface area (Å²) >= 11 is 0. The van der Waals surface area contributed by atoms with E-state index < -0.39 is 23.9 Å². The van der Waals surface area contributed by atoms with Crippen molar-refractivity contribution in [3.63, 3.8) is 0 Å². The smallest absolute Gasteiger partial charge is 0.475 e. The van der Waals surface area contributed by atoms with Crippen molar-refractivity contribution in [1.29, 1.82) is 0 Å². The first-order chi connectivity index (χ1) is 16.9. The fourth-order valence-electron chi connectivity index (χ4n) is 3.92.